The van der Waals surface area contributed by atoms with E-state index in [1.54, 1.807) is 13.8 Å². The Morgan fingerprint density at radius 1 is 1.06 bits per heavy atom. The van der Waals surface area contributed by atoms with E-state index in [2.05, 4.69) is 0 Å². The molecule has 0 aromatic heterocycles. The van der Waals surface area contributed by atoms with Crippen LogP contribution in [0, 0.1) is 20.8 Å². The summed E-state index contributed by atoms with van der Waals surface area (Å²) in [5.74, 6) is -3.03. The SMILES string of the molecule is Cc1cc(C)c(/C(O)=C/C(=O)C(=O)O)c(C)c1. The number of benzene rings is 1. The fourth-order valence-corrected chi connectivity index (χ4v) is 1.84. The van der Waals surface area contributed by atoms with Gasteiger partial charge in [0.1, 0.15) is 5.76 Å². The summed E-state index contributed by atoms with van der Waals surface area (Å²) in [4.78, 5) is 21.4. The molecule has 0 bridgehead atoms. The maximum Gasteiger partial charge on any atom is 0.376 e. The van der Waals surface area contributed by atoms with Crippen LogP contribution in [0.4, 0.5) is 0 Å². The van der Waals surface area contributed by atoms with Gasteiger partial charge in [-0.2, -0.15) is 0 Å². The van der Waals surface area contributed by atoms with E-state index in [-0.39, 0.29) is 5.76 Å². The Hall–Kier alpha value is -2.10. The molecule has 0 saturated heterocycles. The van der Waals surface area contributed by atoms with E-state index >= 15 is 0 Å². The first-order valence-electron chi connectivity index (χ1n) is 5.09. The van der Waals surface area contributed by atoms with Crippen molar-refractivity contribution in [1.29, 1.82) is 0 Å². The highest BCUT2D eigenvalue weighted by Crippen LogP contribution is 2.22. The molecule has 0 aliphatic heterocycles. The van der Waals surface area contributed by atoms with Gasteiger partial charge in [-0.25, -0.2) is 4.79 Å². The minimum absolute atomic E-state index is 0.313. The first-order chi connectivity index (χ1) is 7.82. The van der Waals surface area contributed by atoms with E-state index in [0.717, 1.165) is 22.8 Å². The minimum atomic E-state index is -1.58. The van der Waals surface area contributed by atoms with Crippen LogP contribution in [-0.4, -0.2) is 22.0 Å². The maximum absolute atomic E-state index is 11.0. The lowest BCUT2D eigenvalue weighted by atomic mass is 9.98. The second-order valence-electron chi connectivity index (χ2n) is 3.97. The number of rotatable bonds is 3. The molecular weight excluding hydrogens is 220 g/mol. The van der Waals surface area contributed by atoms with Crippen LogP contribution in [0.1, 0.15) is 22.3 Å². The summed E-state index contributed by atoms with van der Waals surface area (Å²) in [6.45, 7) is 5.52. The first-order valence-corrected chi connectivity index (χ1v) is 5.09. The van der Waals surface area contributed by atoms with Gasteiger partial charge in [0.2, 0.25) is 0 Å². The Bertz CT molecular complexity index is 489. The molecule has 4 nitrogen and oxygen atoms in total. The van der Waals surface area contributed by atoms with Crippen LogP contribution in [0.3, 0.4) is 0 Å². The molecule has 1 aromatic carbocycles. The summed E-state index contributed by atoms with van der Waals surface area (Å²) in [5.41, 5.74) is 3.15. The van der Waals surface area contributed by atoms with E-state index in [1.807, 2.05) is 19.1 Å². The minimum Gasteiger partial charge on any atom is -0.507 e. The number of aliphatic hydroxyl groups is 1. The number of carbonyl (C=O) groups excluding carboxylic acids is 1. The third-order valence-corrected chi connectivity index (χ3v) is 2.41. The van der Waals surface area contributed by atoms with Gasteiger partial charge in [0.15, 0.2) is 0 Å². The van der Waals surface area contributed by atoms with Gasteiger partial charge >= 0.3 is 5.97 Å². The van der Waals surface area contributed by atoms with Crippen molar-refractivity contribution in [2.24, 2.45) is 0 Å². The molecule has 0 atom stereocenters. The van der Waals surface area contributed by atoms with Gasteiger partial charge in [0.05, 0.1) is 0 Å². The summed E-state index contributed by atoms with van der Waals surface area (Å²) in [6, 6.07) is 3.72. The number of ketones is 1. The van der Waals surface area contributed by atoms with Crippen LogP contribution in [0.2, 0.25) is 0 Å². The molecule has 0 amide bonds. The highest BCUT2D eigenvalue weighted by molar-refractivity contribution is 6.38. The summed E-state index contributed by atoms with van der Waals surface area (Å²) in [5, 5.41) is 18.2. The van der Waals surface area contributed by atoms with Crippen LogP contribution in [-0.2, 0) is 9.59 Å². The Balaban J connectivity index is 3.26. The molecule has 0 heterocycles. The van der Waals surface area contributed by atoms with E-state index in [4.69, 9.17) is 5.11 Å². The summed E-state index contributed by atoms with van der Waals surface area (Å²) < 4.78 is 0. The molecule has 1 rings (SSSR count). The van der Waals surface area contributed by atoms with Crippen molar-refractivity contribution >= 4 is 17.5 Å². The number of aliphatic hydroxyl groups excluding tert-OH is 1. The Morgan fingerprint density at radius 2 is 1.53 bits per heavy atom. The zero-order chi connectivity index (χ0) is 13.2. The normalized spacial score (nSPS) is 11.4. The lowest BCUT2D eigenvalue weighted by Gasteiger charge is -2.10. The number of aliphatic carboxylic acids is 1. The lowest BCUT2D eigenvalue weighted by molar-refractivity contribution is -0.146. The van der Waals surface area contributed by atoms with Crippen molar-refractivity contribution < 1.29 is 19.8 Å². The van der Waals surface area contributed by atoms with Gasteiger partial charge in [0, 0.05) is 11.6 Å². The summed E-state index contributed by atoms with van der Waals surface area (Å²) in [6.07, 6.45) is 0.729. The van der Waals surface area contributed by atoms with E-state index < -0.39 is 11.8 Å². The zero-order valence-electron chi connectivity index (χ0n) is 9.94. The molecule has 0 spiro atoms. The number of carbonyl (C=O) groups is 2. The molecule has 17 heavy (non-hydrogen) atoms. The molecule has 0 fully saturated rings. The first kappa shape index (κ1) is 13.0. The predicted octanol–water partition coefficient (Wildman–Crippen LogP) is 2.16. The molecule has 0 unspecified atom stereocenters. The van der Waals surface area contributed by atoms with Crippen LogP contribution in [0.25, 0.3) is 5.76 Å². The van der Waals surface area contributed by atoms with Gasteiger partial charge < -0.3 is 10.2 Å². The summed E-state index contributed by atoms with van der Waals surface area (Å²) in [7, 11) is 0. The van der Waals surface area contributed by atoms with Crippen LogP contribution < -0.4 is 0 Å². The number of carboxylic acid groups (broad SMARTS) is 1. The van der Waals surface area contributed by atoms with Gasteiger partial charge in [-0.05, 0) is 31.9 Å². The second-order valence-corrected chi connectivity index (χ2v) is 3.97. The molecule has 0 saturated carbocycles. The quantitative estimate of drug-likeness (QED) is 0.477. The lowest BCUT2D eigenvalue weighted by Crippen LogP contribution is -2.10. The monoisotopic (exact) mass is 234 g/mol. The van der Waals surface area contributed by atoms with Crippen molar-refractivity contribution in [3.05, 3.63) is 40.5 Å². The average Bonchev–Trinajstić information content (AvgIpc) is 2.15. The fraction of sp³-hybridized carbons (Fsp3) is 0.231. The number of hydrogen-bond donors (Lipinski definition) is 2. The van der Waals surface area contributed by atoms with Crippen molar-refractivity contribution in [1.82, 2.24) is 0 Å². The van der Waals surface area contributed by atoms with Gasteiger partial charge in [-0.15, -0.1) is 0 Å². The highest BCUT2D eigenvalue weighted by Gasteiger charge is 2.13. The van der Waals surface area contributed by atoms with Crippen molar-refractivity contribution in [3.63, 3.8) is 0 Å². The zero-order valence-corrected chi connectivity index (χ0v) is 9.94. The molecule has 0 radical (unpaired) electrons. The number of hydrogen-bond acceptors (Lipinski definition) is 3. The molecular formula is C13H14O4. The van der Waals surface area contributed by atoms with Crippen molar-refractivity contribution in [2.75, 3.05) is 0 Å². The third kappa shape index (κ3) is 2.93. The standard InChI is InChI=1S/C13H14O4/c1-7-4-8(2)12(9(3)5-7)10(14)6-11(15)13(16)17/h4-6,14H,1-3H3,(H,16,17)/b10-6-. The number of carboxylic acids is 1. The molecule has 2 N–H and O–H groups in total. The average molecular weight is 234 g/mol. The van der Waals surface area contributed by atoms with Gasteiger partial charge in [-0.3, -0.25) is 4.79 Å². The molecule has 0 aliphatic rings. The smallest absolute Gasteiger partial charge is 0.376 e. The van der Waals surface area contributed by atoms with Gasteiger partial charge in [-0.1, -0.05) is 17.7 Å². The largest absolute Gasteiger partial charge is 0.507 e. The molecule has 1 aromatic rings. The summed E-state index contributed by atoms with van der Waals surface area (Å²) >= 11 is 0. The third-order valence-electron chi connectivity index (χ3n) is 2.41. The highest BCUT2D eigenvalue weighted by atomic mass is 16.4. The Kier molecular flexibility index (Phi) is 3.68. The molecule has 0 aliphatic carbocycles. The number of aryl methyl sites for hydroxylation is 3. The van der Waals surface area contributed by atoms with Crippen LogP contribution in [0.15, 0.2) is 18.2 Å². The fourth-order valence-electron chi connectivity index (χ4n) is 1.84. The van der Waals surface area contributed by atoms with Gasteiger partial charge in [0.25, 0.3) is 5.78 Å². The van der Waals surface area contributed by atoms with Crippen LogP contribution >= 0.6 is 0 Å². The Labute approximate surface area is 99.2 Å². The topological polar surface area (TPSA) is 74.6 Å². The Morgan fingerprint density at radius 3 is 1.94 bits per heavy atom. The second kappa shape index (κ2) is 4.82. The molecule has 4 heteroatoms. The van der Waals surface area contributed by atoms with Crippen molar-refractivity contribution in [3.8, 4) is 0 Å². The molecule has 90 valence electrons. The van der Waals surface area contributed by atoms with E-state index in [1.165, 1.54) is 0 Å². The van der Waals surface area contributed by atoms with Crippen LogP contribution in [0.5, 0.6) is 0 Å². The van der Waals surface area contributed by atoms with E-state index in [9.17, 15) is 14.7 Å². The predicted molar refractivity (Wildman–Crippen MR) is 63.9 cm³/mol. The maximum atomic E-state index is 11.0. The van der Waals surface area contributed by atoms with Crippen molar-refractivity contribution in [2.45, 2.75) is 20.8 Å². The van der Waals surface area contributed by atoms with E-state index in [0.29, 0.717) is 5.56 Å².